The van der Waals surface area contributed by atoms with E-state index in [9.17, 15) is 0 Å². The van der Waals surface area contributed by atoms with Crippen molar-refractivity contribution in [3.8, 4) is 0 Å². The number of para-hydroxylation sites is 1. The minimum atomic E-state index is 0.527. The standard InChI is InChI=1S/C19H24N6S/c1-24(13-18-21-10-8-17(20)23-18)14-5-4-11-25(12-9-14)19-22-15-6-2-3-7-16(15)26-19/h2-3,6-8,10,14H,4-5,9,11-13H2,1H3,(H2,20,21,23)/t14-/m0/s1. The van der Waals surface area contributed by atoms with E-state index in [1.54, 1.807) is 23.6 Å². The molecule has 0 spiro atoms. The van der Waals surface area contributed by atoms with E-state index in [-0.39, 0.29) is 0 Å². The highest BCUT2D eigenvalue weighted by molar-refractivity contribution is 7.22. The summed E-state index contributed by atoms with van der Waals surface area (Å²) in [6, 6.07) is 10.6. The summed E-state index contributed by atoms with van der Waals surface area (Å²) in [7, 11) is 2.16. The van der Waals surface area contributed by atoms with Gasteiger partial charge in [0.25, 0.3) is 0 Å². The summed E-state index contributed by atoms with van der Waals surface area (Å²) < 4.78 is 1.26. The van der Waals surface area contributed by atoms with Crippen LogP contribution in [0, 0.1) is 0 Å². The summed E-state index contributed by atoms with van der Waals surface area (Å²) in [6.07, 6.45) is 5.20. The average Bonchev–Trinajstić information content (AvgIpc) is 2.90. The fourth-order valence-corrected chi connectivity index (χ4v) is 4.57. The van der Waals surface area contributed by atoms with Gasteiger partial charge in [-0.25, -0.2) is 15.0 Å². The summed E-state index contributed by atoms with van der Waals surface area (Å²) in [6.45, 7) is 2.84. The minimum absolute atomic E-state index is 0.527. The zero-order chi connectivity index (χ0) is 17.9. The van der Waals surface area contributed by atoms with Crippen molar-refractivity contribution >= 4 is 32.5 Å². The van der Waals surface area contributed by atoms with Crippen molar-refractivity contribution in [3.05, 3.63) is 42.4 Å². The number of nitrogens with zero attached hydrogens (tertiary/aromatic N) is 5. The highest BCUT2D eigenvalue weighted by atomic mass is 32.1. The van der Waals surface area contributed by atoms with E-state index in [0.29, 0.717) is 11.9 Å². The van der Waals surface area contributed by atoms with Gasteiger partial charge in [-0.05, 0) is 44.5 Å². The molecule has 4 rings (SSSR count). The van der Waals surface area contributed by atoms with Crippen molar-refractivity contribution in [1.29, 1.82) is 0 Å². The van der Waals surface area contributed by atoms with Crippen LogP contribution in [0.4, 0.5) is 10.9 Å². The van der Waals surface area contributed by atoms with Crippen LogP contribution >= 0.6 is 11.3 Å². The summed E-state index contributed by atoms with van der Waals surface area (Å²) in [5.74, 6) is 1.33. The minimum Gasteiger partial charge on any atom is -0.384 e. The quantitative estimate of drug-likeness (QED) is 0.763. The largest absolute Gasteiger partial charge is 0.384 e. The summed E-state index contributed by atoms with van der Waals surface area (Å²) in [4.78, 5) is 18.3. The van der Waals surface area contributed by atoms with Crippen LogP contribution in [-0.2, 0) is 6.54 Å². The summed E-state index contributed by atoms with van der Waals surface area (Å²) >= 11 is 1.79. The Morgan fingerprint density at radius 3 is 2.92 bits per heavy atom. The normalized spacial score (nSPS) is 18.4. The first-order chi connectivity index (χ1) is 12.7. The van der Waals surface area contributed by atoms with Crippen LogP contribution in [0.1, 0.15) is 25.1 Å². The van der Waals surface area contributed by atoms with E-state index in [0.717, 1.165) is 42.5 Å². The van der Waals surface area contributed by atoms with E-state index >= 15 is 0 Å². The smallest absolute Gasteiger partial charge is 0.186 e. The Balaban J connectivity index is 1.41. The maximum absolute atomic E-state index is 5.77. The molecule has 3 heterocycles. The summed E-state index contributed by atoms with van der Waals surface area (Å²) in [5.41, 5.74) is 6.87. The van der Waals surface area contributed by atoms with Crippen LogP contribution in [0.25, 0.3) is 10.2 Å². The Kier molecular flexibility index (Phi) is 4.99. The fourth-order valence-electron chi connectivity index (χ4n) is 3.55. The third kappa shape index (κ3) is 3.78. The van der Waals surface area contributed by atoms with Gasteiger partial charge in [0, 0.05) is 25.3 Å². The molecule has 1 aromatic carbocycles. The molecule has 7 heteroatoms. The number of nitrogen functional groups attached to an aromatic ring is 1. The van der Waals surface area contributed by atoms with E-state index in [1.807, 2.05) is 0 Å². The molecule has 1 fully saturated rings. The van der Waals surface area contributed by atoms with Crippen LogP contribution in [0.3, 0.4) is 0 Å². The number of fused-ring (bicyclic) bond motifs is 1. The molecule has 1 saturated heterocycles. The monoisotopic (exact) mass is 368 g/mol. The number of nitrogens with two attached hydrogens (primary N) is 1. The first-order valence-electron chi connectivity index (χ1n) is 9.07. The third-order valence-corrected chi connectivity index (χ3v) is 6.09. The second kappa shape index (κ2) is 7.55. The van der Waals surface area contributed by atoms with Crippen molar-refractivity contribution in [2.75, 3.05) is 30.8 Å². The molecule has 1 aliphatic rings. The lowest BCUT2D eigenvalue weighted by molar-refractivity contribution is 0.212. The number of benzene rings is 1. The second-order valence-corrected chi connectivity index (χ2v) is 7.86. The van der Waals surface area contributed by atoms with Crippen molar-refractivity contribution < 1.29 is 0 Å². The molecule has 2 aromatic heterocycles. The lowest BCUT2D eigenvalue weighted by atomic mass is 10.1. The molecule has 1 atom stereocenters. The molecule has 26 heavy (non-hydrogen) atoms. The molecule has 3 aromatic rings. The molecule has 1 aliphatic heterocycles. The molecule has 0 unspecified atom stereocenters. The fraction of sp³-hybridized carbons (Fsp3) is 0.421. The topological polar surface area (TPSA) is 71.2 Å². The van der Waals surface area contributed by atoms with Gasteiger partial charge >= 0.3 is 0 Å². The first-order valence-corrected chi connectivity index (χ1v) is 9.89. The predicted molar refractivity (Wildman–Crippen MR) is 107 cm³/mol. The lowest BCUT2D eigenvalue weighted by Gasteiger charge is -2.26. The van der Waals surface area contributed by atoms with Crippen molar-refractivity contribution in [3.63, 3.8) is 0 Å². The Hall–Kier alpha value is -2.25. The zero-order valence-corrected chi connectivity index (χ0v) is 15.8. The van der Waals surface area contributed by atoms with E-state index in [1.165, 1.54) is 17.5 Å². The molecule has 6 nitrogen and oxygen atoms in total. The summed E-state index contributed by atoms with van der Waals surface area (Å²) in [5, 5.41) is 1.15. The zero-order valence-electron chi connectivity index (χ0n) is 15.0. The number of thiazole rings is 1. The Morgan fingerprint density at radius 1 is 1.19 bits per heavy atom. The number of hydrogen-bond donors (Lipinski definition) is 1. The average molecular weight is 369 g/mol. The molecule has 0 saturated carbocycles. The van der Waals surface area contributed by atoms with Gasteiger partial charge in [0.05, 0.1) is 16.8 Å². The Morgan fingerprint density at radius 2 is 2.08 bits per heavy atom. The number of rotatable bonds is 4. The Labute approximate surface area is 157 Å². The molecule has 0 aliphatic carbocycles. The van der Waals surface area contributed by atoms with Crippen LogP contribution < -0.4 is 10.6 Å². The first kappa shape index (κ1) is 17.2. The highest BCUT2D eigenvalue weighted by Crippen LogP contribution is 2.30. The highest BCUT2D eigenvalue weighted by Gasteiger charge is 2.22. The second-order valence-electron chi connectivity index (χ2n) is 6.85. The van der Waals surface area contributed by atoms with E-state index in [4.69, 9.17) is 10.7 Å². The molecule has 0 amide bonds. The van der Waals surface area contributed by atoms with Crippen molar-refractivity contribution in [2.45, 2.75) is 31.8 Å². The van der Waals surface area contributed by atoms with Gasteiger partial charge in [-0.15, -0.1) is 0 Å². The van der Waals surface area contributed by atoms with Crippen LogP contribution in [0.15, 0.2) is 36.5 Å². The van der Waals surface area contributed by atoms with E-state index < -0.39 is 0 Å². The molecule has 0 radical (unpaired) electrons. The van der Waals surface area contributed by atoms with Gasteiger partial charge < -0.3 is 10.6 Å². The van der Waals surface area contributed by atoms with Crippen molar-refractivity contribution in [1.82, 2.24) is 19.9 Å². The van der Waals surface area contributed by atoms with Crippen molar-refractivity contribution in [2.24, 2.45) is 0 Å². The van der Waals surface area contributed by atoms with E-state index in [2.05, 4.69) is 51.1 Å². The number of aromatic nitrogens is 3. The Bertz CT molecular complexity index is 846. The van der Waals surface area contributed by atoms with Gasteiger partial charge in [-0.2, -0.15) is 0 Å². The maximum Gasteiger partial charge on any atom is 0.186 e. The third-order valence-electron chi connectivity index (χ3n) is 4.99. The molecular weight excluding hydrogens is 344 g/mol. The van der Waals surface area contributed by atoms with Crippen LogP contribution in [-0.4, -0.2) is 46.0 Å². The van der Waals surface area contributed by atoms with Crippen LogP contribution in [0.5, 0.6) is 0 Å². The predicted octanol–water partition coefficient (Wildman–Crippen LogP) is 3.16. The van der Waals surface area contributed by atoms with Gasteiger partial charge in [0.15, 0.2) is 5.13 Å². The maximum atomic E-state index is 5.77. The van der Waals surface area contributed by atoms with Gasteiger partial charge in [0.1, 0.15) is 11.6 Å². The SMILES string of the molecule is CN(Cc1nccc(N)n1)[C@H]1CCCN(c2nc3ccccc3s2)CC1. The van der Waals surface area contributed by atoms with Gasteiger partial charge in [-0.3, -0.25) is 4.90 Å². The van der Waals surface area contributed by atoms with Crippen LogP contribution in [0.2, 0.25) is 0 Å². The molecular formula is C19H24N6S. The number of hydrogen-bond acceptors (Lipinski definition) is 7. The molecule has 136 valence electrons. The molecule has 0 bridgehead atoms. The van der Waals surface area contributed by atoms with Gasteiger partial charge in [0.2, 0.25) is 0 Å². The van der Waals surface area contributed by atoms with Gasteiger partial charge in [-0.1, -0.05) is 23.5 Å². The molecule has 2 N–H and O–H groups in total. The number of anilines is 2. The lowest BCUT2D eigenvalue weighted by Crippen LogP contribution is -2.33.